The molecular formula is C18H19ClFN6O3S2+. The number of carbonyl (C=O) groups is 1. The molecule has 4 rings (SSSR count). The Hall–Kier alpha value is -2.25. The molecule has 9 nitrogen and oxygen atoms in total. The van der Waals surface area contributed by atoms with Crippen LogP contribution in [0.2, 0.25) is 5.02 Å². The number of nitrogens with one attached hydrogen (secondary N) is 2. The minimum Gasteiger partial charge on any atom is -0.325 e. The Bertz CT molecular complexity index is 1210. The number of halogens is 2. The summed E-state index contributed by atoms with van der Waals surface area (Å²) in [7, 11) is -0.764. The first-order valence-electron chi connectivity index (χ1n) is 9.21. The number of hydrogen-bond acceptors (Lipinski definition) is 6. The molecule has 2 aliphatic rings. The highest BCUT2D eigenvalue weighted by molar-refractivity contribution is 7.87. The summed E-state index contributed by atoms with van der Waals surface area (Å²) >= 11 is 7.15. The number of nitrogens with zero attached hydrogens (tertiary/aromatic N) is 4. The van der Waals surface area contributed by atoms with Crippen LogP contribution in [0, 0.1) is 5.82 Å². The van der Waals surface area contributed by atoms with Gasteiger partial charge in [-0.1, -0.05) is 21.7 Å². The van der Waals surface area contributed by atoms with Crippen molar-refractivity contribution in [1.82, 2.24) is 9.03 Å². The first-order chi connectivity index (χ1) is 14.7. The van der Waals surface area contributed by atoms with Crippen molar-refractivity contribution >= 4 is 50.6 Å². The second-order valence-corrected chi connectivity index (χ2v) is 10.2. The lowest BCUT2D eigenvalue weighted by atomic mass is 10.0. The zero-order valence-electron chi connectivity index (χ0n) is 16.5. The number of rotatable bonds is 4. The first kappa shape index (κ1) is 22.0. The molecule has 0 aliphatic carbocycles. The van der Waals surface area contributed by atoms with E-state index < -0.39 is 34.0 Å². The third-order valence-corrected chi connectivity index (χ3v) is 8.01. The molecule has 1 amide bonds. The number of aliphatic imine (C=N–C) groups is 1. The van der Waals surface area contributed by atoms with Gasteiger partial charge >= 0.3 is 5.84 Å². The molecule has 1 aromatic heterocycles. The maximum Gasteiger partial charge on any atom is 0.347 e. The molecule has 2 N–H and O–H groups in total. The molecular weight excluding hydrogens is 467 g/mol. The summed E-state index contributed by atoms with van der Waals surface area (Å²) in [5.74, 6) is -0.434. The van der Waals surface area contributed by atoms with Gasteiger partial charge in [-0.2, -0.15) is 17.4 Å². The Labute approximate surface area is 187 Å². The van der Waals surface area contributed by atoms with Gasteiger partial charge in [0.15, 0.2) is 0 Å². The Morgan fingerprint density at radius 2 is 2.19 bits per heavy atom. The zero-order valence-corrected chi connectivity index (χ0v) is 18.9. The van der Waals surface area contributed by atoms with E-state index in [4.69, 9.17) is 11.6 Å². The summed E-state index contributed by atoms with van der Waals surface area (Å²) in [5.41, 5.74) is 1.12. The van der Waals surface area contributed by atoms with Crippen molar-refractivity contribution < 1.29 is 22.3 Å². The van der Waals surface area contributed by atoms with Crippen LogP contribution in [0.3, 0.4) is 0 Å². The summed E-state index contributed by atoms with van der Waals surface area (Å²) in [6.07, 6.45) is 0.211. The number of benzene rings is 1. The van der Waals surface area contributed by atoms with Crippen molar-refractivity contribution in [2.24, 2.45) is 10.1 Å². The van der Waals surface area contributed by atoms with E-state index in [9.17, 15) is 17.6 Å². The fraction of sp³-hybridized carbons (Fsp3) is 0.333. The number of amides is 1. The second kappa shape index (κ2) is 8.36. The van der Waals surface area contributed by atoms with E-state index in [1.165, 1.54) is 30.5 Å². The summed E-state index contributed by atoms with van der Waals surface area (Å²) in [5, 5.41) is 8.53. The van der Waals surface area contributed by atoms with Gasteiger partial charge in [-0.15, -0.1) is 16.0 Å². The third kappa shape index (κ3) is 4.39. The van der Waals surface area contributed by atoms with Gasteiger partial charge in [0.05, 0.1) is 16.6 Å². The molecule has 1 saturated heterocycles. The van der Waals surface area contributed by atoms with Crippen molar-refractivity contribution in [1.29, 1.82) is 0 Å². The van der Waals surface area contributed by atoms with Crippen LogP contribution in [-0.4, -0.2) is 56.0 Å². The second-order valence-electron chi connectivity index (χ2n) is 7.09. The van der Waals surface area contributed by atoms with E-state index in [0.717, 1.165) is 20.8 Å². The van der Waals surface area contributed by atoms with Gasteiger partial charge in [-0.05, 0) is 30.7 Å². The lowest BCUT2D eigenvalue weighted by Crippen LogP contribution is -2.55. The van der Waals surface area contributed by atoms with Crippen LogP contribution >= 0.6 is 22.9 Å². The normalized spacial score (nSPS) is 23.4. The summed E-state index contributed by atoms with van der Waals surface area (Å²) in [6, 6.07) is 4.07. The summed E-state index contributed by atoms with van der Waals surface area (Å²) in [4.78, 5) is 18.0. The number of thiophene rings is 1. The smallest absolute Gasteiger partial charge is 0.325 e. The molecule has 0 spiro atoms. The number of hydrogen-bond donors (Lipinski definition) is 2. The van der Waals surface area contributed by atoms with Crippen molar-refractivity contribution in [3.63, 3.8) is 0 Å². The number of likely N-dealkylation sites (N-methyl/N-ethyl adjacent to an activating group) is 1. The van der Waals surface area contributed by atoms with Crippen LogP contribution in [0.4, 0.5) is 10.1 Å². The van der Waals surface area contributed by atoms with E-state index in [1.54, 1.807) is 11.7 Å². The van der Waals surface area contributed by atoms with Crippen molar-refractivity contribution in [2.75, 3.05) is 26.1 Å². The molecule has 0 radical (unpaired) electrons. The fourth-order valence-electron chi connectivity index (χ4n) is 3.39. The van der Waals surface area contributed by atoms with Gasteiger partial charge in [-0.3, -0.25) is 4.79 Å². The molecule has 0 unspecified atom stereocenters. The fourth-order valence-corrected chi connectivity index (χ4v) is 5.86. The average molecular weight is 486 g/mol. The minimum atomic E-state index is -3.90. The van der Waals surface area contributed by atoms with E-state index in [0.29, 0.717) is 12.5 Å². The molecule has 0 saturated carbocycles. The SMILES string of the molecule is CN1[C@H](C(=O)Nc2ccc(F)c(Cl)c2)C[C@H](c2cc(C3=NCN=[N+]3C)cs2)NS1(=O)=O. The predicted octanol–water partition coefficient (Wildman–Crippen LogP) is 2.57. The van der Waals surface area contributed by atoms with Crippen LogP contribution in [0.15, 0.2) is 39.8 Å². The maximum atomic E-state index is 13.4. The molecule has 31 heavy (non-hydrogen) atoms. The van der Waals surface area contributed by atoms with Gasteiger partial charge < -0.3 is 5.32 Å². The Morgan fingerprint density at radius 1 is 1.42 bits per heavy atom. The summed E-state index contributed by atoms with van der Waals surface area (Å²) < 4.78 is 44.0. The quantitative estimate of drug-likeness (QED) is 0.650. The Morgan fingerprint density at radius 3 is 2.87 bits per heavy atom. The monoisotopic (exact) mass is 485 g/mol. The third-order valence-electron chi connectivity index (χ3n) is 5.08. The molecule has 0 bridgehead atoms. The molecule has 2 atom stereocenters. The van der Waals surface area contributed by atoms with E-state index in [2.05, 4.69) is 20.1 Å². The largest absolute Gasteiger partial charge is 0.347 e. The number of carbonyl (C=O) groups excluding carboxylic acids is 1. The highest BCUT2D eigenvalue weighted by Gasteiger charge is 2.41. The standard InChI is InChI=1S/C18H18ClFN6O3S2/c1-25-17(21-9-22-25)10-5-16(30-8-10)14-7-15(26(2)31(28,29)24-14)18(27)23-11-3-4-13(20)12(19)6-11/h3-6,8,14-15,24H,7,9H2,1-2H3/p+1/t14-,15+/m1/s1. The van der Waals surface area contributed by atoms with Gasteiger partial charge in [0, 0.05) is 23.0 Å². The van der Waals surface area contributed by atoms with Crippen LogP contribution in [0.25, 0.3) is 0 Å². The van der Waals surface area contributed by atoms with E-state index in [1.807, 2.05) is 11.4 Å². The Balaban J connectivity index is 1.56. The maximum absolute atomic E-state index is 13.4. The molecule has 1 aromatic carbocycles. The molecule has 2 aromatic rings. The highest BCUT2D eigenvalue weighted by atomic mass is 35.5. The van der Waals surface area contributed by atoms with Crippen LogP contribution < -0.4 is 10.0 Å². The van der Waals surface area contributed by atoms with Crippen molar-refractivity contribution in [3.05, 3.63) is 50.9 Å². The average Bonchev–Trinajstić information content (AvgIpc) is 3.35. The number of amidine groups is 1. The van der Waals surface area contributed by atoms with Crippen LogP contribution in [0.5, 0.6) is 0 Å². The lowest BCUT2D eigenvalue weighted by Gasteiger charge is -2.35. The van der Waals surface area contributed by atoms with E-state index >= 15 is 0 Å². The topological polar surface area (TPSA) is 106 Å². The lowest BCUT2D eigenvalue weighted by molar-refractivity contribution is -0.442. The van der Waals surface area contributed by atoms with Gasteiger partial charge in [-0.25, -0.2) is 4.39 Å². The summed E-state index contributed by atoms with van der Waals surface area (Å²) in [6.45, 7) is 0.355. The first-order valence-corrected chi connectivity index (χ1v) is 11.9. The van der Waals surface area contributed by atoms with Crippen molar-refractivity contribution in [3.8, 4) is 0 Å². The zero-order chi connectivity index (χ0) is 22.3. The molecule has 164 valence electrons. The number of anilines is 1. The van der Waals surface area contributed by atoms with Crippen LogP contribution in [-0.2, 0) is 15.0 Å². The van der Waals surface area contributed by atoms with Gasteiger partial charge in [0.1, 0.15) is 18.9 Å². The van der Waals surface area contributed by atoms with Gasteiger partial charge in [0.25, 0.3) is 16.9 Å². The van der Waals surface area contributed by atoms with Crippen molar-refractivity contribution in [2.45, 2.75) is 18.5 Å². The Kier molecular flexibility index (Phi) is 5.92. The van der Waals surface area contributed by atoms with Crippen LogP contribution in [0.1, 0.15) is 22.9 Å². The predicted molar refractivity (Wildman–Crippen MR) is 115 cm³/mol. The van der Waals surface area contributed by atoms with E-state index in [-0.39, 0.29) is 17.1 Å². The molecule has 1 fully saturated rings. The van der Waals surface area contributed by atoms with Gasteiger partial charge in [0.2, 0.25) is 5.91 Å². The molecule has 3 heterocycles. The minimum absolute atomic E-state index is 0.139. The highest BCUT2D eigenvalue weighted by Crippen LogP contribution is 2.33. The molecule has 2 aliphatic heterocycles. The molecule has 13 heteroatoms. The number of azo groups is 2.